The van der Waals surface area contributed by atoms with Crippen molar-refractivity contribution in [2.24, 2.45) is 0 Å². The predicted octanol–water partition coefficient (Wildman–Crippen LogP) is 4.55. The van der Waals surface area contributed by atoms with E-state index in [1.165, 1.54) is 7.11 Å². The third-order valence-electron chi connectivity index (χ3n) is 4.95. The molecule has 0 fully saturated rings. The summed E-state index contributed by atoms with van der Waals surface area (Å²) in [7, 11) is 1.36. The first-order valence-electron chi connectivity index (χ1n) is 9.03. The molecule has 0 spiro atoms. The number of carbonyl (C=O) groups is 2. The zero-order chi connectivity index (χ0) is 19.7. The van der Waals surface area contributed by atoms with Gasteiger partial charge in [-0.15, -0.1) is 0 Å². The fourth-order valence-corrected chi connectivity index (χ4v) is 3.52. The van der Waals surface area contributed by atoms with Gasteiger partial charge in [-0.2, -0.15) is 0 Å². The molecular formula is C23H20N2O3. The number of hydrogen-bond acceptors (Lipinski definition) is 4. The van der Waals surface area contributed by atoms with Gasteiger partial charge in [0.1, 0.15) is 6.17 Å². The van der Waals surface area contributed by atoms with Gasteiger partial charge < -0.3 is 10.1 Å². The number of methoxy groups -OCH3 is 1. The Morgan fingerprint density at radius 2 is 1.64 bits per heavy atom. The lowest BCUT2D eigenvalue weighted by Crippen LogP contribution is -2.32. The molecule has 0 saturated carbocycles. The lowest BCUT2D eigenvalue weighted by molar-refractivity contribution is 0.0600. The number of ether oxygens (including phenoxy) is 1. The van der Waals surface area contributed by atoms with Crippen molar-refractivity contribution >= 4 is 23.3 Å². The Hall–Kier alpha value is -3.60. The molecule has 1 heterocycles. The van der Waals surface area contributed by atoms with Crippen LogP contribution in [-0.2, 0) is 4.74 Å². The topological polar surface area (TPSA) is 58.6 Å². The Morgan fingerprint density at radius 3 is 2.36 bits per heavy atom. The van der Waals surface area contributed by atoms with Gasteiger partial charge in [-0.25, -0.2) is 4.79 Å². The van der Waals surface area contributed by atoms with Crippen molar-refractivity contribution in [3.8, 4) is 0 Å². The van der Waals surface area contributed by atoms with Crippen molar-refractivity contribution in [1.29, 1.82) is 0 Å². The fraction of sp³-hybridized carbons (Fsp3) is 0.130. The van der Waals surface area contributed by atoms with Crippen LogP contribution < -0.4 is 10.2 Å². The molecule has 0 radical (unpaired) electrons. The summed E-state index contributed by atoms with van der Waals surface area (Å²) in [6, 6.07) is 22.5. The average molecular weight is 372 g/mol. The van der Waals surface area contributed by atoms with Gasteiger partial charge in [-0.05, 0) is 48.9 Å². The van der Waals surface area contributed by atoms with Crippen LogP contribution in [0.5, 0.6) is 0 Å². The van der Waals surface area contributed by atoms with Gasteiger partial charge in [0, 0.05) is 22.5 Å². The van der Waals surface area contributed by atoms with E-state index in [-0.39, 0.29) is 18.0 Å². The first-order chi connectivity index (χ1) is 13.6. The molecule has 4 rings (SSSR count). The summed E-state index contributed by atoms with van der Waals surface area (Å²) in [6.45, 7) is 1.99. The van der Waals surface area contributed by atoms with E-state index in [1.54, 1.807) is 17.0 Å². The van der Waals surface area contributed by atoms with Crippen LogP contribution in [0.3, 0.4) is 0 Å². The number of para-hydroxylation sites is 1. The number of hydrogen-bond donors (Lipinski definition) is 1. The normalized spacial score (nSPS) is 15.3. The van der Waals surface area contributed by atoms with E-state index in [9.17, 15) is 9.59 Å². The second-order valence-electron chi connectivity index (χ2n) is 6.66. The molecule has 140 valence electrons. The molecule has 1 aliphatic rings. The summed E-state index contributed by atoms with van der Waals surface area (Å²) >= 11 is 0. The Kier molecular flexibility index (Phi) is 4.57. The van der Waals surface area contributed by atoms with E-state index in [0.717, 1.165) is 22.5 Å². The third kappa shape index (κ3) is 3.01. The van der Waals surface area contributed by atoms with E-state index < -0.39 is 0 Å². The molecule has 0 bridgehead atoms. The van der Waals surface area contributed by atoms with Gasteiger partial charge >= 0.3 is 5.97 Å². The first-order valence-corrected chi connectivity index (χ1v) is 9.03. The number of esters is 1. The van der Waals surface area contributed by atoms with Crippen LogP contribution in [0.2, 0.25) is 0 Å². The number of nitrogens with zero attached hydrogens (tertiary/aromatic N) is 1. The predicted molar refractivity (Wildman–Crippen MR) is 109 cm³/mol. The van der Waals surface area contributed by atoms with E-state index in [0.29, 0.717) is 11.1 Å². The maximum absolute atomic E-state index is 13.2. The second-order valence-corrected chi connectivity index (χ2v) is 6.66. The molecule has 1 atom stereocenters. The quantitative estimate of drug-likeness (QED) is 0.683. The minimum atomic E-state index is -0.380. The molecule has 1 N–H and O–H groups in total. The van der Waals surface area contributed by atoms with Crippen LogP contribution in [0.15, 0.2) is 72.8 Å². The smallest absolute Gasteiger partial charge is 0.337 e. The molecule has 5 heteroatoms. The lowest BCUT2D eigenvalue weighted by Gasteiger charge is -2.28. The van der Waals surface area contributed by atoms with Crippen LogP contribution in [0.25, 0.3) is 0 Å². The Balaban J connectivity index is 1.72. The van der Waals surface area contributed by atoms with Gasteiger partial charge in [0.15, 0.2) is 0 Å². The molecule has 3 aromatic carbocycles. The number of fused-ring (bicyclic) bond motifs is 1. The molecule has 0 unspecified atom stereocenters. The number of nitrogens with one attached hydrogen (secondary N) is 1. The molecule has 0 aliphatic carbocycles. The zero-order valence-corrected chi connectivity index (χ0v) is 15.7. The maximum Gasteiger partial charge on any atom is 0.337 e. The van der Waals surface area contributed by atoms with Crippen LogP contribution in [0, 0.1) is 6.92 Å². The molecule has 5 nitrogen and oxygen atoms in total. The van der Waals surface area contributed by atoms with Crippen molar-refractivity contribution in [1.82, 2.24) is 0 Å². The zero-order valence-electron chi connectivity index (χ0n) is 15.7. The number of carbonyl (C=O) groups excluding carboxylic acids is 2. The maximum atomic E-state index is 13.2. The molecular weight excluding hydrogens is 352 g/mol. The molecule has 0 saturated heterocycles. The first kappa shape index (κ1) is 17.8. The Labute approximate surface area is 163 Å². The second kappa shape index (κ2) is 7.19. The van der Waals surface area contributed by atoms with Crippen LogP contribution >= 0.6 is 0 Å². The number of benzene rings is 3. The monoisotopic (exact) mass is 372 g/mol. The van der Waals surface area contributed by atoms with Crippen molar-refractivity contribution in [3.63, 3.8) is 0 Å². The van der Waals surface area contributed by atoms with E-state index >= 15 is 0 Å². The standard InChI is InChI=1S/C23H20N2O3/c1-15-7-3-6-10-20(15)25-21(18-8-4-5-9-19(18)22(25)26)24-17-13-11-16(12-14-17)23(27)28-2/h3-14,21,24H,1-2H3/t21-/m1/s1. The van der Waals surface area contributed by atoms with E-state index in [1.807, 2.05) is 67.6 Å². The highest BCUT2D eigenvalue weighted by Crippen LogP contribution is 2.39. The summed E-state index contributed by atoms with van der Waals surface area (Å²) < 4.78 is 4.75. The molecule has 0 aromatic heterocycles. The third-order valence-corrected chi connectivity index (χ3v) is 4.95. The fourth-order valence-electron chi connectivity index (χ4n) is 3.52. The average Bonchev–Trinajstić information content (AvgIpc) is 3.00. The van der Waals surface area contributed by atoms with Gasteiger partial charge in [-0.1, -0.05) is 36.4 Å². The van der Waals surface area contributed by atoms with Gasteiger partial charge in [0.2, 0.25) is 0 Å². The molecule has 1 amide bonds. The molecule has 3 aromatic rings. The van der Waals surface area contributed by atoms with E-state index in [4.69, 9.17) is 4.74 Å². The van der Waals surface area contributed by atoms with E-state index in [2.05, 4.69) is 5.32 Å². The van der Waals surface area contributed by atoms with Crippen molar-refractivity contribution in [3.05, 3.63) is 95.1 Å². The van der Waals surface area contributed by atoms with Crippen molar-refractivity contribution in [2.45, 2.75) is 13.1 Å². The summed E-state index contributed by atoms with van der Waals surface area (Å²) in [6.07, 6.45) is -0.339. The number of aryl methyl sites for hydroxylation is 1. The van der Waals surface area contributed by atoms with Crippen molar-refractivity contribution in [2.75, 3.05) is 17.3 Å². The highest BCUT2D eigenvalue weighted by molar-refractivity contribution is 6.11. The van der Waals surface area contributed by atoms with Gasteiger partial charge in [-0.3, -0.25) is 9.69 Å². The summed E-state index contributed by atoms with van der Waals surface area (Å²) in [5, 5.41) is 3.44. The molecule has 28 heavy (non-hydrogen) atoms. The number of rotatable bonds is 4. The Morgan fingerprint density at radius 1 is 0.964 bits per heavy atom. The van der Waals surface area contributed by atoms with Crippen molar-refractivity contribution < 1.29 is 14.3 Å². The lowest BCUT2D eigenvalue weighted by atomic mass is 10.1. The number of amides is 1. The summed E-state index contributed by atoms with van der Waals surface area (Å²) in [5.74, 6) is -0.414. The number of anilines is 2. The Bertz CT molecular complexity index is 1040. The summed E-state index contributed by atoms with van der Waals surface area (Å²) in [5.41, 5.74) is 4.79. The van der Waals surface area contributed by atoms with Crippen LogP contribution in [-0.4, -0.2) is 19.0 Å². The minimum Gasteiger partial charge on any atom is -0.465 e. The SMILES string of the molecule is COC(=O)c1ccc(N[C@H]2c3ccccc3C(=O)N2c2ccccc2C)cc1. The van der Waals surface area contributed by atoms with Crippen LogP contribution in [0.1, 0.15) is 38.0 Å². The highest BCUT2D eigenvalue weighted by atomic mass is 16.5. The van der Waals surface area contributed by atoms with Crippen LogP contribution in [0.4, 0.5) is 11.4 Å². The van der Waals surface area contributed by atoms with Gasteiger partial charge in [0.25, 0.3) is 5.91 Å². The largest absolute Gasteiger partial charge is 0.465 e. The highest BCUT2D eigenvalue weighted by Gasteiger charge is 2.38. The summed E-state index contributed by atoms with van der Waals surface area (Å²) in [4.78, 5) is 26.6. The molecule has 1 aliphatic heterocycles. The van der Waals surface area contributed by atoms with Gasteiger partial charge in [0.05, 0.1) is 12.7 Å². The minimum absolute atomic E-state index is 0.0337.